The Balaban J connectivity index is 1.27. The van der Waals surface area contributed by atoms with Gasteiger partial charge in [-0.05, 0) is 74.6 Å². The van der Waals surface area contributed by atoms with E-state index in [2.05, 4.69) is 20.6 Å². The van der Waals surface area contributed by atoms with Gasteiger partial charge >= 0.3 is 12.1 Å². The van der Waals surface area contributed by atoms with Crippen molar-refractivity contribution in [1.29, 1.82) is 0 Å². The molecule has 0 aliphatic carbocycles. The molecule has 172 valence electrons. The Bertz CT molecular complexity index is 1110. The molecule has 3 aromatic rings. The summed E-state index contributed by atoms with van der Waals surface area (Å²) in [4.78, 5) is 36.3. The van der Waals surface area contributed by atoms with Gasteiger partial charge in [0, 0.05) is 48.2 Å². The van der Waals surface area contributed by atoms with Gasteiger partial charge in [-0.2, -0.15) is 0 Å². The number of aromatic nitrogens is 2. The van der Waals surface area contributed by atoms with Crippen LogP contribution in [-0.2, 0) is 0 Å². The zero-order valence-electron chi connectivity index (χ0n) is 18.8. The van der Waals surface area contributed by atoms with Crippen LogP contribution in [0.25, 0.3) is 0 Å². The van der Waals surface area contributed by atoms with Gasteiger partial charge in [0.15, 0.2) is 0 Å². The fourth-order valence-electron chi connectivity index (χ4n) is 4.99. The summed E-state index contributed by atoms with van der Waals surface area (Å²) >= 11 is 0. The molecule has 0 spiro atoms. The zero-order chi connectivity index (χ0) is 22.8. The molecule has 0 radical (unpaired) electrons. The second kappa shape index (κ2) is 9.05. The molecule has 0 bridgehead atoms. The van der Waals surface area contributed by atoms with Crippen LogP contribution in [0.5, 0.6) is 0 Å². The Morgan fingerprint density at radius 3 is 1.97 bits per heavy atom. The number of nitrogens with zero attached hydrogens (tertiary/aromatic N) is 2. The molecule has 2 aliphatic rings. The summed E-state index contributed by atoms with van der Waals surface area (Å²) in [5, 5.41) is 6.08. The van der Waals surface area contributed by atoms with Gasteiger partial charge in [0.2, 0.25) is 0 Å². The third-order valence-electron chi connectivity index (χ3n) is 6.72. The predicted molar refractivity (Wildman–Crippen MR) is 128 cm³/mol. The number of amides is 4. The first-order valence-electron chi connectivity index (χ1n) is 11.6. The molecule has 4 heterocycles. The lowest BCUT2D eigenvalue weighted by Crippen LogP contribution is -2.35. The highest BCUT2D eigenvalue weighted by Crippen LogP contribution is 2.33. The third-order valence-corrected chi connectivity index (χ3v) is 6.72. The van der Waals surface area contributed by atoms with Crippen LogP contribution in [0.4, 0.5) is 21.0 Å². The van der Waals surface area contributed by atoms with Gasteiger partial charge in [-0.25, -0.2) is 9.59 Å². The van der Waals surface area contributed by atoms with Crippen molar-refractivity contribution in [3.63, 3.8) is 0 Å². The minimum absolute atomic E-state index is 0.0586. The fraction of sp³-hybridized carbons (Fsp3) is 0.360. The predicted octanol–water partition coefficient (Wildman–Crippen LogP) is 5.39. The molecule has 1 aromatic carbocycles. The van der Waals surface area contributed by atoms with Gasteiger partial charge in [-0.1, -0.05) is 6.07 Å². The molecular formula is C25H30N6O2. The van der Waals surface area contributed by atoms with Gasteiger partial charge in [0.1, 0.15) is 0 Å². The highest BCUT2D eigenvalue weighted by atomic mass is 16.2. The van der Waals surface area contributed by atoms with E-state index in [4.69, 9.17) is 0 Å². The molecular weight excluding hydrogens is 416 g/mol. The van der Waals surface area contributed by atoms with Crippen LogP contribution in [0, 0.1) is 6.92 Å². The highest BCUT2D eigenvalue weighted by molar-refractivity contribution is 5.94. The molecule has 8 heteroatoms. The molecule has 2 aromatic heterocycles. The second-order valence-corrected chi connectivity index (χ2v) is 8.84. The number of hydrogen-bond acceptors (Lipinski definition) is 2. The first-order valence-corrected chi connectivity index (χ1v) is 11.6. The van der Waals surface area contributed by atoms with E-state index in [1.54, 1.807) is 0 Å². The van der Waals surface area contributed by atoms with E-state index in [1.807, 2.05) is 71.6 Å². The van der Waals surface area contributed by atoms with Gasteiger partial charge in [-0.15, -0.1) is 0 Å². The van der Waals surface area contributed by atoms with E-state index in [1.165, 1.54) is 0 Å². The number of rotatable bonds is 4. The standard InChI is InChI=1S/C25H30N6O2/c1-17-10-11-18(28-24(32)30-14-4-8-22(30)19-6-2-12-26-19)16-21(17)29-25(33)31-15-5-9-23(31)20-7-3-13-27-20/h2-3,6-7,10-13,16,22-23,26-27H,4-5,8-9,14-15H2,1H3,(H,28,32)(H,29,33)/t22-,23-/m0/s1. The molecule has 4 amide bonds. The maximum Gasteiger partial charge on any atom is 0.322 e. The molecule has 5 rings (SSSR count). The molecule has 8 nitrogen and oxygen atoms in total. The quantitative estimate of drug-likeness (QED) is 0.432. The number of H-pyrrole nitrogens is 2. The number of aromatic amines is 2. The minimum Gasteiger partial charge on any atom is -0.363 e. The molecule has 4 N–H and O–H groups in total. The van der Waals surface area contributed by atoms with E-state index in [0.717, 1.165) is 55.7 Å². The first-order chi connectivity index (χ1) is 16.1. The SMILES string of the molecule is Cc1ccc(NC(=O)N2CCC[C@H]2c2ccc[nH]2)cc1NC(=O)N1CCC[C@H]1c1ccc[nH]1. The molecule has 0 unspecified atom stereocenters. The van der Waals surface area contributed by atoms with Gasteiger partial charge in [0.25, 0.3) is 0 Å². The summed E-state index contributed by atoms with van der Waals surface area (Å²) in [7, 11) is 0. The van der Waals surface area contributed by atoms with Crippen LogP contribution in [0.2, 0.25) is 0 Å². The smallest absolute Gasteiger partial charge is 0.322 e. The van der Waals surface area contributed by atoms with Crippen molar-refractivity contribution in [1.82, 2.24) is 19.8 Å². The lowest BCUT2D eigenvalue weighted by atomic mass is 10.1. The monoisotopic (exact) mass is 446 g/mol. The van der Waals surface area contributed by atoms with Crippen molar-refractivity contribution in [2.75, 3.05) is 23.7 Å². The van der Waals surface area contributed by atoms with Crippen molar-refractivity contribution in [2.45, 2.75) is 44.7 Å². The lowest BCUT2D eigenvalue weighted by molar-refractivity contribution is 0.205. The Labute approximate surface area is 193 Å². The van der Waals surface area contributed by atoms with Crippen molar-refractivity contribution in [3.8, 4) is 0 Å². The van der Waals surface area contributed by atoms with Crippen molar-refractivity contribution in [3.05, 3.63) is 71.8 Å². The maximum absolute atomic E-state index is 13.1. The topological polar surface area (TPSA) is 96.3 Å². The van der Waals surface area contributed by atoms with Crippen LogP contribution in [0.3, 0.4) is 0 Å². The van der Waals surface area contributed by atoms with E-state index in [9.17, 15) is 9.59 Å². The summed E-state index contributed by atoms with van der Waals surface area (Å²) in [6.45, 7) is 3.40. The number of carbonyl (C=O) groups is 2. The zero-order valence-corrected chi connectivity index (χ0v) is 18.8. The summed E-state index contributed by atoms with van der Waals surface area (Å²) < 4.78 is 0. The van der Waals surface area contributed by atoms with Gasteiger partial charge < -0.3 is 30.4 Å². The van der Waals surface area contributed by atoms with Gasteiger partial charge in [-0.3, -0.25) is 0 Å². The van der Waals surface area contributed by atoms with Crippen LogP contribution < -0.4 is 10.6 Å². The van der Waals surface area contributed by atoms with Gasteiger partial charge in [0.05, 0.1) is 12.1 Å². The fourth-order valence-corrected chi connectivity index (χ4v) is 4.99. The summed E-state index contributed by atoms with van der Waals surface area (Å²) in [5.74, 6) is 0. The Morgan fingerprint density at radius 2 is 1.42 bits per heavy atom. The van der Waals surface area contributed by atoms with Crippen LogP contribution in [-0.4, -0.2) is 44.9 Å². The number of aryl methyl sites for hydroxylation is 1. The normalized spacial score (nSPS) is 20.3. The Kier molecular flexibility index (Phi) is 5.81. The summed E-state index contributed by atoms with van der Waals surface area (Å²) in [6, 6.07) is 13.5. The highest BCUT2D eigenvalue weighted by Gasteiger charge is 2.32. The number of nitrogens with one attached hydrogen (secondary N) is 4. The molecule has 2 aliphatic heterocycles. The second-order valence-electron chi connectivity index (χ2n) is 8.84. The van der Waals surface area contributed by atoms with E-state index >= 15 is 0 Å². The average Bonchev–Trinajstić information content (AvgIpc) is 3.62. The number of likely N-dealkylation sites (tertiary alicyclic amines) is 2. The van der Waals surface area contributed by atoms with Crippen LogP contribution >= 0.6 is 0 Å². The molecule has 0 saturated carbocycles. The van der Waals surface area contributed by atoms with E-state index < -0.39 is 0 Å². The molecule has 2 saturated heterocycles. The van der Waals surface area contributed by atoms with Crippen molar-refractivity contribution in [2.24, 2.45) is 0 Å². The largest absolute Gasteiger partial charge is 0.363 e. The van der Waals surface area contributed by atoms with E-state index in [0.29, 0.717) is 11.4 Å². The van der Waals surface area contributed by atoms with Crippen molar-refractivity contribution < 1.29 is 9.59 Å². The number of anilines is 2. The summed E-state index contributed by atoms with van der Waals surface area (Å²) in [5.41, 5.74) is 4.43. The first kappa shape index (κ1) is 21.2. The molecule has 33 heavy (non-hydrogen) atoms. The lowest BCUT2D eigenvalue weighted by Gasteiger charge is -2.26. The van der Waals surface area contributed by atoms with Crippen molar-refractivity contribution >= 4 is 23.4 Å². The maximum atomic E-state index is 13.1. The average molecular weight is 447 g/mol. The molecule has 2 fully saturated rings. The third kappa shape index (κ3) is 4.33. The Hall–Kier alpha value is -3.68. The Morgan fingerprint density at radius 1 is 0.848 bits per heavy atom. The number of hydrogen-bond donors (Lipinski definition) is 4. The molecule has 2 atom stereocenters. The van der Waals surface area contributed by atoms with Crippen LogP contribution in [0.15, 0.2) is 54.9 Å². The summed E-state index contributed by atoms with van der Waals surface area (Å²) in [6.07, 6.45) is 7.62. The number of carbonyl (C=O) groups excluding carboxylic acids is 2. The minimum atomic E-state index is -0.125. The van der Waals surface area contributed by atoms with Crippen LogP contribution in [0.1, 0.15) is 54.7 Å². The number of urea groups is 2. The number of benzene rings is 1. The van der Waals surface area contributed by atoms with E-state index in [-0.39, 0.29) is 24.1 Å².